The Kier molecular flexibility index (Phi) is 7.37. The fourth-order valence-corrected chi connectivity index (χ4v) is 3.27. The van der Waals surface area contributed by atoms with Gasteiger partial charge in [0.05, 0.1) is 35.0 Å². The first-order chi connectivity index (χ1) is 14.8. The van der Waals surface area contributed by atoms with Gasteiger partial charge in [0.2, 0.25) is 5.89 Å². The summed E-state index contributed by atoms with van der Waals surface area (Å²) in [4.78, 5) is 21.2. The third-order valence-corrected chi connectivity index (χ3v) is 4.74. The van der Waals surface area contributed by atoms with Gasteiger partial charge >= 0.3 is 0 Å². The summed E-state index contributed by atoms with van der Waals surface area (Å²) in [6.45, 7) is 6.41. The molecule has 0 bridgehead atoms. The minimum atomic E-state index is -0.584. The maximum atomic E-state index is 12.9. The molecule has 31 heavy (non-hydrogen) atoms. The highest BCUT2D eigenvalue weighted by Gasteiger charge is 2.25. The highest BCUT2D eigenvalue weighted by Crippen LogP contribution is 2.35. The summed E-state index contributed by atoms with van der Waals surface area (Å²) >= 11 is 12.2. The van der Waals surface area contributed by atoms with E-state index in [-0.39, 0.29) is 33.1 Å². The number of benzene rings is 1. The number of nitrogens with two attached hydrogens (primary N) is 1. The van der Waals surface area contributed by atoms with Gasteiger partial charge in [0.15, 0.2) is 23.0 Å². The SMILES string of the molecule is CCOc1ccc(-c2nc(C(=O)Nc3c(Cl)cncc3Cl)c([C@H](C)N)o2)cc1OCC. The molecule has 10 heteroatoms. The van der Waals surface area contributed by atoms with Crippen molar-refractivity contribution in [1.29, 1.82) is 0 Å². The van der Waals surface area contributed by atoms with E-state index in [4.69, 9.17) is 42.8 Å². The monoisotopic (exact) mass is 464 g/mol. The van der Waals surface area contributed by atoms with Gasteiger partial charge < -0.3 is 24.9 Å². The third-order valence-electron chi connectivity index (χ3n) is 4.16. The van der Waals surface area contributed by atoms with E-state index in [0.29, 0.717) is 30.3 Å². The molecule has 1 amide bonds. The predicted molar refractivity (Wildman–Crippen MR) is 119 cm³/mol. The van der Waals surface area contributed by atoms with Crippen molar-refractivity contribution in [3.05, 3.63) is 52.1 Å². The molecule has 0 aliphatic carbocycles. The zero-order chi connectivity index (χ0) is 22.5. The number of pyridine rings is 1. The molecule has 164 valence electrons. The van der Waals surface area contributed by atoms with Gasteiger partial charge in [-0.1, -0.05) is 23.2 Å². The Labute approximate surface area is 189 Å². The highest BCUT2D eigenvalue weighted by atomic mass is 35.5. The molecule has 3 aromatic rings. The first-order valence-corrected chi connectivity index (χ1v) is 10.4. The van der Waals surface area contributed by atoms with E-state index in [1.165, 1.54) is 12.4 Å². The molecule has 8 nitrogen and oxygen atoms in total. The minimum Gasteiger partial charge on any atom is -0.490 e. The van der Waals surface area contributed by atoms with Gasteiger partial charge in [0.1, 0.15) is 0 Å². The molecular formula is C21H22Cl2N4O4. The molecule has 0 spiro atoms. The summed E-state index contributed by atoms with van der Waals surface area (Å²) in [7, 11) is 0. The van der Waals surface area contributed by atoms with Gasteiger partial charge in [-0.3, -0.25) is 9.78 Å². The minimum absolute atomic E-state index is 0.0285. The summed E-state index contributed by atoms with van der Waals surface area (Å²) in [5.41, 5.74) is 6.88. The largest absolute Gasteiger partial charge is 0.490 e. The third kappa shape index (κ3) is 5.10. The molecule has 0 saturated heterocycles. The predicted octanol–water partition coefficient (Wildman–Crippen LogP) is 5.11. The Hall–Kier alpha value is -2.81. The molecule has 3 N–H and O–H groups in total. The molecule has 0 unspecified atom stereocenters. The van der Waals surface area contributed by atoms with E-state index in [2.05, 4.69) is 15.3 Å². The van der Waals surface area contributed by atoms with Crippen molar-refractivity contribution in [2.75, 3.05) is 18.5 Å². The smallest absolute Gasteiger partial charge is 0.278 e. The van der Waals surface area contributed by atoms with Crippen molar-refractivity contribution >= 4 is 34.8 Å². The van der Waals surface area contributed by atoms with Crippen LogP contribution >= 0.6 is 23.2 Å². The van der Waals surface area contributed by atoms with E-state index in [1.54, 1.807) is 25.1 Å². The molecule has 0 radical (unpaired) electrons. The number of nitrogens with zero attached hydrogens (tertiary/aromatic N) is 2. The number of ether oxygens (including phenoxy) is 2. The van der Waals surface area contributed by atoms with Crippen LogP contribution in [0.3, 0.4) is 0 Å². The van der Waals surface area contributed by atoms with Gasteiger partial charge in [0, 0.05) is 18.0 Å². The number of carbonyl (C=O) groups excluding carboxylic acids is 1. The standard InChI is InChI=1S/C21H22Cl2N4O4/c1-4-29-15-7-6-12(8-16(15)30-5-2)21-27-18(19(31-21)11(3)24)20(28)26-17-13(22)9-25-10-14(17)23/h6-11H,4-5,24H2,1-3H3,(H,25,26,28)/t11-/m0/s1. The van der Waals surface area contributed by atoms with E-state index in [9.17, 15) is 4.79 Å². The molecule has 2 heterocycles. The van der Waals surface area contributed by atoms with Gasteiger partial charge in [-0.15, -0.1) is 0 Å². The molecule has 0 aliphatic rings. The van der Waals surface area contributed by atoms with Crippen LogP contribution in [0.4, 0.5) is 5.69 Å². The van der Waals surface area contributed by atoms with Gasteiger partial charge in [-0.25, -0.2) is 4.98 Å². The number of amides is 1. The van der Waals surface area contributed by atoms with E-state index in [1.807, 2.05) is 13.8 Å². The van der Waals surface area contributed by atoms with Crippen molar-refractivity contribution < 1.29 is 18.7 Å². The first-order valence-electron chi connectivity index (χ1n) is 9.62. The molecule has 1 aromatic carbocycles. The summed E-state index contributed by atoms with van der Waals surface area (Å²) in [5.74, 6) is 1.03. The molecular weight excluding hydrogens is 443 g/mol. The Morgan fingerprint density at radius 3 is 2.42 bits per heavy atom. The number of aromatic nitrogens is 2. The molecule has 1 atom stereocenters. The average molecular weight is 465 g/mol. The Bertz CT molecular complexity index is 1060. The number of rotatable bonds is 8. The lowest BCUT2D eigenvalue weighted by Gasteiger charge is -2.11. The normalized spacial score (nSPS) is 11.8. The Balaban J connectivity index is 1.99. The van der Waals surface area contributed by atoms with Crippen molar-refractivity contribution in [3.8, 4) is 23.0 Å². The maximum Gasteiger partial charge on any atom is 0.278 e. The molecule has 2 aromatic heterocycles. The lowest BCUT2D eigenvalue weighted by Crippen LogP contribution is -2.17. The van der Waals surface area contributed by atoms with Gasteiger partial charge in [-0.2, -0.15) is 0 Å². The van der Waals surface area contributed by atoms with Crippen molar-refractivity contribution in [1.82, 2.24) is 9.97 Å². The van der Waals surface area contributed by atoms with Crippen LogP contribution < -0.4 is 20.5 Å². The summed E-state index contributed by atoms with van der Waals surface area (Å²) in [6.07, 6.45) is 2.75. The summed E-state index contributed by atoms with van der Waals surface area (Å²) in [5, 5.41) is 3.04. The molecule has 0 saturated carbocycles. The second-order valence-electron chi connectivity index (χ2n) is 6.48. The van der Waals surface area contributed by atoms with Crippen molar-refractivity contribution in [3.63, 3.8) is 0 Å². The number of hydrogen-bond acceptors (Lipinski definition) is 7. The second kappa shape index (κ2) is 10.00. The number of nitrogens with one attached hydrogen (secondary N) is 1. The lowest BCUT2D eigenvalue weighted by molar-refractivity contribution is 0.102. The topological polar surface area (TPSA) is 112 Å². The van der Waals surface area contributed by atoms with Crippen LogP contribution in [0.2, 0.25) is 10.0 Å². The fraction of sp³-hybridized carbons (Fsp3) is 0.286. The molecule has 0 fully saturated rings. The van der Waals surface area contributed by atoms with Crippen LogP contribution in [-0.2, 0) is 0 Å². The molecule has 0 aliphatic heterocycles. The lowest BCUT2D eigenvalue weighted by atomic mass is 10.2. The van der Waals surface area contributed by atoms with E-state index < -0.39 is 11.9 Å². The molecule has 3 rings (SSSR count). The first kappa shape index (κ1) is 22.9. The quantitative estimate of drug-likeness (QED) is 0.475. The van der Waals surface area contributed by atoms with E-state index >= 15 is 0 Å². The maximum absolute atomic E-state index is 12.9. The van der Waals surface area contributed by atoms with Crippen LogP contribution in [0.1, 0.15) is 43.1 Å². The average Bonchev–Trinajstić information content (AvgIpc) is 3.18. The highest BCUT2D eigenvalue weighted by molar-refractivity contribution is 6.39. The van der Waals surface area contributed by atoms with Crippen molar-refractivity contribution in [2.45, 2.75) is 26.8 Å². The van der Waals surface area contributed by atoms with Crippen LogP contribution in [-0.4, -0.2) is 29.1 Å². The number of carbonyl (C=O) groups is 1. The van der Waals surface area contributed by atoms with Crippen LogP contribution in [0.25, 0.3) is 11.5 Å². The Morgan fingerprint density at radius 2 is 1.81 bits per heavy atom. The number of oxazole rings is 1. The second-order valence-corrected chi connectivity index (χ2v) is 7.29. The summed E-state index contributed by atoms with van der Waals surface area (Å²) < 4.78 is 17.1. The Morgan fingerprint density at radius 1 is 1.16 bits per heavy atom. The van der Waals surface area contributed by atoms with Crippen LogP contribution in [0.15, 0.2) is 35.0 Å². The van der Waals surface area contributed by atoms with Gasteiger partial charge in [-0.05, 0) is 39.0 Å². The summed E-state index contributed by atoms with van der Waals surface area (Å²) in [6, 6.07) is 4.68. The zero-order valence-corrected chi connectivity index (χ0v) is 18.8. The van der Waals surface area contributed by atoms with Crippen LogP contribution in [0.5, 0.6) is 11.5 Å². The van der Waals surface area contributed by atoms with E-state index in [0.717, 1.165) is 0 Å². The van der Waals surface area contributed by atoms with Crippen LogP contribution in [0, 0.1) is 0 Å². The fourth-order valence-electron chi connectivity index (χ4n) is 2.81. The number of anilines is 1. The number of halogens is 2. The van der Waals surface area contributed by atoms with Gasteiger partial charge in [0.25, 0.3) is 5.91 Å². The number of hydrogen-bond donors (Lipinski definition) is 2. The zero-order valence-electron chi connectivity index (χ0n) is 17.2. The van der Waals surface area contributed by atoms with Crippen molar-refractivity contribution in [2.24, 2.45) is 5.73 Å².